The van der Waals surface area contributed by atoms with Crippen LogP contribution in [-0.2, 0) is 9.53 Å². The summed E-state index contributed by atoms with van der Waals surface area (Å²) in [6.07, 6.45) is 0.801. The summed E-state index contributed by atoms with van der Waals surface area (Å²) in [5, 5.41) is 5.01. The lowest BCUT2D eigenvalue weighted by molar-refractivity contribution is -0.124. The molecule has 0 fully saturated rings. The lowest BCUT2D eigenvalue weighted by Gasteiger charge is -2.14. The molecule has 3 aromatic rings. The monoisotopic (exact) mass is 356 g/mol. The standard InChI is InChI=1S/C18H16N2O4S/c1-2-14(24-17(22)15-9-6-10-23-15)16(21)20-18-19-13(11-25-18)12-7-4-3-5-8-12/h3-11,14H,2H2,1H3,(H,19,20,21). The molecule has 0 spiro atoms. The predicted octanol–water partition coefficient (Wildman–Crippen LogP) is 3.98. The molecule has 1 amide bonds. The van der Waals surface area contributed by atoms with Gasteiger partial charge in [0.25, 0.3) is 5.91 Å². The third kappa shape index (κ3) is 4.13. The summed E-state index contributed by atoms with van der Waals surface area (Å²) in [5.41, 5.74) is 1.75. The Kier molecular flexibility index (Phi) is 5.25. The Balaban J connectivity index is 1.64. The van der Waals surface area contributed by atoms with Crippen molar-refractivity contribution in [1.29, 1.82) is 0 Å². The number of thiazole rings is 1. The second-order valence-corrected chi connectivity index (χ2v) is 6.03. The van der Waals surface area contributed by atoms with Crippen LogP contribution in [-0.4, -0.2) is 23.0 Å². The number of hydrogen-bond donors (Lipinski definition) is 1. The quantitative estimate of drug-likeness (QED) is 0.676. The molecular formula is C18H16N2O4S. The van der Waals surface area contributed by atoms with Crippen LogP contribution in [0.15, 0.2) is 58.5 Å². The molecule has 0 aliphatic rings. The molecule has 6 nitrogen and oxygen atoms in total. The van der Waals surface area contributed by atoms with Crippen LogP contribution in [0.25, 0.3) is 11.3 Å². The van der Waals surface area contributed by atoms with Crippen LogP contribution in [0.1, 0.15) is 23.9 Å². The molecule has 0 saturated heterocycles. The van der Waals surface area contributed by atoms with Gasteiger partial charge in [-0.3, -0.25) is 10.1 Å². The summed E-state index contributed by atoms with van der Waals surface area (Å²) >= 11 is 1.32. The van der Waals surface area contributed by atoms with E-state index in [4.69, 9.17) is 9.15 Å². The highest BCUT2D eigenvalue weighted by Gasteiger charge is 2.24. The Morgan fingerprint density at radius 1 is 1.24 bits per heavy atom. The Morgan fingerprint density at radius 2 is 2.04 bits per heavy atom. The highest BCUT2D eigenvalue weighted by molar-refractivity contribution is 7.14. The zero-order valence-electron chi connectivity index (χ0n) is 13.5. The lowest BCUT2D eigenvalue weighted by atomic mass is 10.2. The van der Waals surface area contributed by atoms with Crippen molar-refractivity contribution >= 4 is 28.3 Å². The highest BCUT2D eigenvalue weighted by Crippen LogP contribution is 2.24. The van der Waals surface area contributed by atoms with Gasteiger partial charge in [0.1, 0.15) is 0 Å². The zero-order chi connectivity index (χ0) is 17.6. The molecule has 0 aliphatic carbocycles. The topological polar surface area (TPSA) is 81.4 Å². The van der Waals surface area contributed by atoms with Gasteiger partial charge in [-0.1, -0.05) is 37.3 Å². The van der Waals surface area contributed by atoms with Crippen molar-refractivity contribution in [2.24, 2.45) is 0 Å². The van der Waals surface area contributed by atoms with E-state index in [0.29, 0.717) is 11.6 Å². The van der Waals surface area contributed by atoms with Crippen LogP contribution in [0, 0.1) is 0 Å². The molecule has 7 heteroatoms. The van der Waals surface area contributed by atoms with E-state index in [1.165, 1.54) is 23.7 Å². The molecule has 1 N–H and O–H groups in total. The second kappa shape index (κ2) is 7.76. The van der Waals surface area contributed by atoms with Crippen LogP contribution >= 0.6 is 11.3 Å². The third-order valence-electron chi connectivity index (χ3n) is 3.44. The minimum Gasteiger partial charge on any atom is -0.457 e. The van der Waals surface area contributed by atoms with Crippen molar-refractivity contribution in [2.75, 3.05) is 5.32 Å². The van der Waals surface area contributed by atoms with Gasteiger partial charge in [0.2, 0.25) is 5.76 Å². The predicted molar refractivity (Wildman–Crippen MR) is 94.4 cm³/mol. The minimum absolute atomic E-state index is 0.0619. The van der Waals surface area contributed by atoms with Crippen molar-refractivity contribution in [3.05, 3.63) is 59.9 Å². The van der Waals surface area contributed by atoms with E-state index in [2.05, 4.69) is 10.3 Å². The number of anilines is 1. The molecule has 0 radical (unpaired) electrons. The second-order valence-electron chi connectivity index (χ2n) is 5.17. The first-order valence-corrected chi connectivity index (χ1v) is 8.61. The molecule has 0 aliphatic heterocycles. The number of furan rings is 1. The SMILES string of the molecule is CCC(OC(=O)c1ccco1)C(=O)Nc1nc(-c2ccccc2)cs1. The number of nitrogens with zero attached hydrogens (tertiary/aromatic N) is 1. The normalized spacial score (nSPS) is 11.7. The van der Waals surface area contributed by atoms with Gasteiger partial charge >= 0.3 is 5.97 Å². The average molecular weight is 356 g/mol. The molecular weight excluding hydrogens is 340 g/mol. The average Bonchev–Trinajstić information content (AvgIpc) is 3.32. The Bertz CT molecular complexity index is 843. The molecule has 1 aromatic carbocycles. The van der Waals surface area contributed by atoms with Gasteiger partial charge in [-0.05, 0) is 18.6 Å². The van der Waals surface area contributed by atoms with E-state index in [0.717, 1.165) is 11.3 Å². The smallest absolute Gasteiger partial charge is 0.374 e. The van der Waals surface area contributed by atoms with Gasteiger partial charge in [0.05, 0.1) is 12.0 Å². The molecule has 0 saturated carbocycles. The van der Waals surface area contributed by atoms with Gasteiger partial charge in [0.15, 0.2) is 11.2 Å². The molecule has 1 atom stereocenters. The summed E-state index contributed by atoms with van der Waals surface area (Å²) in [6, 6.07) is 12.7. The summed E-state index contributed by atoms with van der Waals surface area (Å²) in [4.78, 5) is 28.6. The van der Waals surface area contributed by atoms with Gasteiger partial charge < -0.3 is 9.15 Å². The number of benzene rings is 1. The van der Waals surface area contributed by atoms with Crippen molar-refractivity contribution in [3.8, 4) is 11.3 Å². The Labute approximate surface area is 148 Å². The van der Waals surface area contributed by atoms with E-state index >= 15 is 0 Å². The first kappa shape index (κ1) is 16.9. The number of esters is 1. The summed E-state index contributed by atoms with van der Waals surface area (Å²) < 4.78 is 10.2. The molecule has 128 valence electrons. The van der Waals surface area contributed by atoms with E-state index in [1.54, 1.807) is 13.0 Å². The fourth-order valence-corrected chi connectivity index (χ4v) is 2.89. The van der Waals surface area contributed by atoms with Crippen molar-refractivity contribution < 1.29 is 18.7 Å². The molecule has 25 heavy (non-hydrogen) atoms. The fourth-order valence-electron chi connectivity index (χ4n) is 2.16. The van der Waals surface area contributed by atoms with Crippen LogP contribution in [0.2, 0.25) is 0 Å². The summed E-state index contributed by atoms with van der Waals surface area (Å²) in [5.74, 6) is -1.03. The van der Waals surface area contributed by atoms with Gasteiger partial charge in [-0.25, -0.2) is 9.78 Å². The molecule has 0 bridgehead atoms. The molecule has 2 aromatic heterocycles. The maximum Gasteiger partial charge on any atom is 0.374 e. The van der Waals surface area contributed by atoms with Gasteiger partial charge in [0, 0.05) is 10.9 Å². The van der Waals surface area contributed by atoms with Crippen molar-refractivity contribution in [1.82, 2.24) is 4.98 Å². The van der Waals surface area contributed by atoms with Gasteiger partial charge in [-0.2, -0.15) is 0 Å². The van der Waals surface area contributed by atoms with E-state index < -0.39 is 18.0 Å². The number of ether oxygens (including phenoxy) is 1. The number of aromatic nitrogens is 1. The maximum absolute atomic E-state index is 12.3. The highest BCUT2D eigenvalue weighted by atomic mass is 32.1. The van der Waals surface area contributed by atoms with Crippen LogP contribution in [0.4, 0.5) is 5.13 Å². The Hall–Kier alpha value is -2.93. The first-order valence-electron chi connectivity index (χ1n) is 7.73. The van der Waals surface area contributed by atoms with Crippen LogP contribution < -0.4 is 5.32 Å². The third-order valence-corrected chi connectivity index (χ3v) is 4.20. The first-order chi connectivity index (χ1) is 12.2. The van der Waals surface area contributed by atoms with E-state index in [9.17, 15) is 9.59 Å². The molecule has 1 unspecified atom stereocenters. The van der Waals surface area contributed by atoms with Crippen molar-refractivity contribution in [2.45, 2.75) is 19.4 Å². The zero-order valence-corrected chi connectivity index (χ0v) is 14.3. The summed E-state index contributed by atoms with van der Waals surface area (Å²) in [6.45, 7) is 1.76. The van der Waals surface area contributed by atoms with Gasteiger partial charge in [-0.15, -0.1) is 11.3 Å². The Morgan fingerprint density at radius 3 is 2.72 bits per heavy atom. The maximum atomic E-state index is 12.3. The van der Waals surface area contributed by atoms with Crippen LogP contribution in [0.5, 0.6) is 0 Å². The summed E-state index contributed by atoms with van der Waals surface area (Å²) in [7, 11) is 0. The number of amides is 1. The minimum atomic E-state index is -0.915. The van der Waals surface area contributed by atoms with E-state index in [-0.39, 0.29) is 5.76 Å². The number of rotatable bonds is 6. The fraction of sp³-hybridized carbons (Fsp3) is 0.167. The number of carbonyl (C=O) groups excluding carboxylic acids is 2. The number of carbonyl (C=O) groups is 2. The molecule has 3 rings (SSSR count). The molecule has 2 heterocycles. The number of hydrogen-bond acceptors (Lipinski definition) is 6. The van der Waals surface area contributed by atoms with Crippen molar-refractivity contribution in [3.63, 3.8) is 0 Å². The van der Waals surface area contributed by atoms with Crippen LogP contribution in [0.3, 0.4) is 0 Å². The van der Waals surface area contributed by atoms with E-state index in [1.807, 2.05) is 35.7 Å². The number of nitrogens with one attached hydrogen (secondary N) is 1. The lowest BCUT2D eigenvalue weighted by Crippen LogP contribution is -2.32. The largest absolute Gasteiger partial charge is 0.457 e.